The number of aromatic nitrogens is 1. The Hall–Kier alpha value is -1.71. The first-order valence-corrected chi connectivity index (χ1v) is 6.38. The van der Waals surface area contributed by atoms with Crippen LogP contribution in [0.3, 0.4) is 0 Å². The maximum Gasteiger partial charge on any atom is 0.335 e. The minimum Gasteiger partial charge on any atom is -0.478 e. The molecule has 100 valence electrons. The second-order valence-electron chi connectivity index (χ2n) is 3.23. The molecule has 0 aliphatic rings. The molecule has 0 amide bonds. The number of anilines is 1. The summed E-state index contributed by atoms with van der Waals surface area (Å²) in [5.41, 5.74) is -0.0559. The van der Waals surface area contributed by atoms with E-state index in [9.17, 15) is 13.2 Å². The molecule has 0 unspecified atom stereocenters. The first-order valence-electron chi connectivity index (χ1n) is 4.90. The van der Waals surface area contributed by atoms with Gasteiger partial charge in [-0.05, 0) is 12.1 Å². The third kappa shape index (κ3) is 4.65. The summed E-state index contributed by atoms with van der Waals surface area (Å²) in [4.78, 5) is 14.4. The van der Waals surface area contributed by atoms with Crippen LogP contribution in [0.2, 0.25) is 0 Å². The lowest BCUT2D eigenvalue weighted by atomic mass is 10.3. The number of methoxy groups -OCH3 is 1. The fraction of sp³-hybridized carbons (Fsp3) is 0.333. The van der Waals surface area contributed by atoms with E-state index >= 15 is 0 Å². The highest BCUT2D eigenvalue weighted by molar-refractivity contribution is 7.90. The Balaban J connectivity index is 2.72. The van der Waals surface area contributed by atoms with Crippen LogP contribution in [0.25, 0.3) is 0 Å². The van der Waals surface area contributed by atoms with Gasteiger partial charge in [0.1, 0.15) is 5.82 Å². The quantitative estimate of drug-likeness (QED) is 0.587. The second-order valence-corrected chi connectivity index (χ2v) is 4.73. The Morgan fingerprint density at radius 2 is 2.28 bits per heavy atom. The molecule has 0 aliphatic carbocycles. The topological polar surface area (TPSA) is 118 Å². The molecule has 0 fully saturated rings. The number of nitrogens with zero attached hydrogens (tertiary/aromatic N) is 1. The Kier molecular flexibility index (Phi) is 5.01. The highest BCUT2D eigenvalue weighted by Gasteiger charge is 2.11. The number of nitrogens with one attached hydrogen (secondary N) is 2. The van der Waals surface area contributed by atoms with Crippen LogP contribution in [-0.2, 0) is 14.9 Å². The van der Waals surface area contributed by atoms with Gasteiger partial charge in [-0.15, -0.1) is 0 Å². The number of hydrogen-bond acceptors (Lipinski definition) is 5. The van der Waals surface area contributed by atoms with Gasteiger partial charge in [-0.3, -0.25) is 4.72 Å². The van der Waals surface area contributed by atoms with Gasteiger partial charge >= 0.3 is 5.97 Å². The molecule has 0 saturated carbocycles. The maximum absolute atomic E-state index is 11.5. The van der Waals surface area contributed by atoms with Crippen molar-refractivity contribution in [2.45, 2.75) is 0 Å². The van der Waals surface area contributed by atoms with Crippen LogP contribution in [0.5, 0.6) is 0 Å². The highest BCUT2D eigenvalue weighted by Crippen LogP contribution is 2.07. The fourth-order valence-corrected chi connectivity index (χ4v) is 1.88. The number of carbonyl (C=O) groups is 1. The molecule has 3 N–H and O–H groups in total. The molecule has 1 heterocycles. The standard InChI is InChI=1S/C9H13N3O5S/c1-17-5-4-11-18(15,16)12-8-6-7(9(13)14)2-3-10-8/h2-3,6,11H,4-5H2,1H3,(H,10,12)(H,13,14). The molecule has 0 radical (unpaired) electrons. The Bertz CT molecular complexity index is 517. The van der Waals surface area contributed by atoms with Crippen molar-refractivity contribution >= 4 is 22.0 Å². The van der Waals surface area contributed by atoms with Gasteiger partial charge in [0.2, 0.25) is 0 Å². The highest BCUT2D eigenvalue weighted by atomic mass is 32.2. The van der Waals surface area contributed by atoms with Gasteiger partial charge in [0.05, 0.1) is 12.2 Å². The minimum absolute atomic E-state index is 0.0559. The van der Waals surface area contributed by atoms with Crippen molar-refractivity contribution in [2.24, 2.45) is 0 Å². The molecule has 0 bridgehead atoms. The summed E-state index contributed by atoms with van der Waals surface area (Å²) in [7, 11) is -2.34. The summed E-state index contributed by atoms with van der Waals surface area (Å²) >= 11 is 0. The summed E-state index contributed by atoms with van der Waals surface area (Å²) in [5, 5.41) is 8.74. The van der Waals surface area contributed by atoms with Gasteiger partial charge in [0.25, 0.3) is 10.2 Å². The van der Waals surface area contributed by atoms with Crippen molar-refractivity contribution in [3.63, 3.8) is 0 Å². The summed E-state index contributed by atoms with van der Waals surface area (Å²) in [5.74, 6) is -1.23. The van der Waals surface area contributed by atoms with E-state index in [-0.39, 0.29) is 24.5 Å². The molecule has 0 spiro atoms. The monoisotopic (exact) mass is 275 g/mol. The van der Waals surface area contributed by atoms with Gasteiger partial charge in [0.15, 0.2) is 0 Å². The Labute approximate surface area is 104 Å². The minimum atomic E-state index is -3.78. The molecule has 1 aromatic rings. The molecule has 9 heteroatoms. The largest absolute Gasteiger partial charge is 0.478 e. The van der Waals surface area contributed by atoms with E-state index < -0.39 is 16.2 Å². The van der Waals surface area contributed by atoms with Crippen molar-refractivity contribution in [3.05, 3.63) is 23.9 Å². The van der Waals surface area contributed by atoms with Gasteiger partial charge < -0.3 is 9.84 Å². The first kappa shape index (κ1) is 14.4. The second kappa shape index (κ2) is 6.28. The molecule has 0 saturated heterocycles. The van der Waals surface area contributed by atoms with E-state index in [1.165, 1.54) is 19.4 Å². The van der Waals surface area contributed by atoms with Crippen LogP contribution >= 0.6 is 0 Å². The van der Waals surface area contributed by atoms with Crippen LogP contribution in [0.1, 0.15) is 10.4 Å². The zero-order valence-electron chi connectivity index (χ0n) is 9.58. The van der Waals surface area contributed by atoms with Crippen LogP contribution in [0.4, 0.5) is 5.82 Å². The third-order valence-corrected chi connectivity index (χ3v) is 2.91. The molecular formula is C9H13N3O5S. The number of carboxylic acids is 1. The summed E-state index contributed by atoms with van der Waals surface area (Å²) in [6.45, 7) is 0.327. The van der Waals surface area contributed by atoms with Crippen LogP contribution < -0.4 is 9.44 Å². The van der Waals surface area contributed by atoms with Crippen molar-refractivity contribution in [1.29, 1.82) is 0 Å². The lowest BCUT2D eigenvalue weighted by Gasteiger charge is -2.08. The molecule has 1 aromatic heterocycles. The lowest BCUT2D eigenvalue weighted by molar-refractivity contribution is 0.0697. The zero-order valence-corrected chi connectivity index (χ0v) is 10.4. The third-order valence-electron chi connectivity index (χ3n) is 1.84. The van der Waals surface area contributed by atoms with E-state index in [2.05, 4.69) is 19.2 Å². The van der Waals surface area contributed by atoms with E-state index in [4.69, 9.17) is 5.11 Å². The van der Waals surface area contributed by atoms with Crippen molar-refractivity contribution in [1.82, 2.24) is 9.71 Å². The normalized spacial score (nSPS) is 11.2. The predicted molar refractivity (Wildman–Crippen MR) is 63.6 cm³/mol. The lowest BCUT2D eigenvalue weighted by Crippen LogP contribution is -2.32. The average Bonchev–Trinajstić information content (AvgIpc) is 2.28. The molecule has 0 atom stereocenters. The van der Waals surface area contributed by atoms with Crippen molar-refractivity contribution in [3.8, 4) is 0 Å². The number of hydrogen-bond donors (Lipinski definition) is 3. The number of rotatable bonds is 7. The number of ether oxygens (including phenoxy) is 1. The molecule has 18 heavy (non-hydrogen) atoms. The Morgan fingerprint density at radius 1 is 1.56 bits per heavy atom. The van der Waals surface area contributed by atoms with Crippen molar-refractivity contribution in [2.75, 3.05) is 25.0 Å². The molecule has 8 nitrogen and oxygen atoms in total. The van der Waals surface area contributed by atoms with E-state index in [1.54, 1.807) is 0 Å². The van der Waals surface area contributed by atoms with E-state index in [0.29, 0.717) is 0 Å². The number of carboxylic acid groups (broad SMARTS) is 1. The van der Waals surface area contributed by atoms with Crippen molar-refractivity contribution < 1.29 is 23.1 Å². The molecule has 0 aromatic carbocycles. The van der Waals surface area contributed by atoms with E-state index in [1.807, 2.05) is 0 Å². The van der Waals surface area contributed by atoms with Gasteiger partial charge in [-0.1, -0.05) is 0 Å². The van der Waals surface area contributed by atoms with Crippen LogP contribution in [-0.4, -0.2) is 44.7 Å². The number of pyridine rings is 1. The fourth-order valence-electron chi connectivity index (χ4n) is 1.07. The maximum atomic E-state index is 11.5. The van der Waals surface area contributed by atoms with Gasteiger partial charge in [0, 0.05) is 19.9 Å². The number of aromatic carboxylic acids is 1. The molecular weight excluding hydrogens is 262 g/mol. The van der Waals surface area contributed by atoms with E-state index in [0.717, 1.165) is 6.07 Å². The zero-order chi connectivity index (χ0) is 13.6. The summed E-state index contributed by atoms with van der Waals surface area (Å²) < 4.78 is 32.0. The molecule has 0 aliphatic heterocycles. The van der Waals surface area contributed by atoms with Gasteiger partial charge in [-0.2, -0.15) is 13.1 Å². The predicted octanol–water partition coefficient (Wildman–Crippen LogP) is -0.327. The summed E-state index contributed by atoms with van der Waals surface area (Å²) in [6.07, 6.45) is 1.20. The molecule has 1 rings (SSSR count). The Morgan fingerprint density at radius 3 is 2.89 bits per heavy atom. The first-order chi connectivity index (χ1) is 8.44. The average molecular weight is 275 g/mol. The summed E-state index contributed by atoms with van der Waals surface area (Å²) in [6, 6.07) is 2.39. The SMILES string of the molecule is COCCNS(=O)(=O)Nc1cc(C(=O)O)ccn1. The van der Waals surface area contributed by atoms with Gasteiger partial charge in [-0.25, -0.2) is 9.78 Å². The van der Waals surface area contributed by atoms with Crippen LogP contribution in [0, 0.1) is 0 Å². The smallest absolute Gasteiger partial charge is 0.335 e. The van der Waals surface area contributed by atoms with Crippen LogP contribution in [0.15, 0.2) is 18.3 Å².